The first-order valence-electron chi connectivity index (χ1n) is 12.2. The van der Waals surface area contributed by atoms with Crippen LogP contribution in [0.3, 0.4) is 0 Å². The lowest BCUT2D eigenvalue weighted by molar-refractivity contribution is -0.136. The van der Waals surface area contributed by atoms with Crippen LogP contribution in [0.15, 0.2) is 73.1 Å². The molecule has 0 aliphatic carbocycles. The molecule has 1 aliphatic heterocycles. The van der Waals surface area contributed by atoms with E-state index in [2.05, 4.69) is 20.9 Å². The number of pyridine rings is 1. The number of aromatic nitrogens is 1. The molecule has 190 valence electrons. The number of benzene rings is 2. The van der Waals surface area contributed by atoms with Crippen molar-refractivity contribution in [2.45, 2.75) is 32.2 Å². The van der Waals surface area contributed by atoms with E-state index in [4.69, 9.17) is 0 Å². The Balaban J connectivity index is 1.22. The van der Waals surface area contributed by atoms with Gasteiger partial charge in [-0.3, -0.25) is 24.2 Å². The van der Waals surface area contributed by atoms with Crippen LogP contribution in [-0.4, -0.2) is 46.6 Å². The van der Waals surface area contributed by atoms with E-state index in [0.717, 1.165) is 37.1 Å². The van der Waals surface area contributed by atoms with E-state index in [1.54, 1.807) is 60.9 Å². The fourth-order valence-corrected chi connectivity index (χ4v) is 4.05. The van der Waals surface area contributed by atoms with Crippen molar-refractivity contribution in [2.75, 3.05) is 23.7 Å². The maximum Gasteiger partial charge on any atom is 0.313 e. The third-order valence-corrected chi connectivity index (χ3v) is 6.08. The molecule has 0 atom stereocenters. The minimum Gasteiger partial charge on any atom is -0.344 e. The maximum atomic E-state index is 12.3. The van der Waals surface area contributed by atoms with Gasteiger partial charge in [-0.2, -0.15) is 0 Å². The molecular formula is C28H29N5O4. The van der Waals surface area contributed by atoms with Gasteiger partial charge in [-0.1, -0.05) is 24.3 Å². The van der Waals surface area contributed by atoms with Crippen LogP contribution in [0.2, 0.25) is 0 Å². The smallest absolute Gasteiger partial charge is 0.313 e. The number of carbonyl (C=O) groups is 4. The molecule has 0 unspecified atom stereocenters. The van der Waals surface area contributed by atoms with E-state index in [1.165, 1.54) is 0 Å². The molecule has 9 nitrogen and oxygen atoms in total. The number of likely N-dealkylation sites (tertiary alicyclic amines) is 1. The Morgan fingerprint density at radius 1 is 0.784 bits per heavy atom. The fourth-order valence-electron chi connectivity index (χ4n) is 4.05. The molecule has 4 amide bonds. The van der Waals surface area contributed by atoms with Crippen molar-refractivity contribution < 1.29 is 19.2 Å². The van der Waals surface area contributed by atoms with Gasteiger partial charge in [0.05, 0.1) is 0 Å². The van der Waals surface area contributed by atoms with Crippen molar-refractivity contribution in [3.63, 3.8) is 0 Å². The van der Waals surface area contributed by atoms with Crippen LogP contribution < -0.4 is 16.0 Å². The summed E-state index contributed by atoms with van der Waals surface area (Å²) in [6.45, 7) is 1.82. The fraction of sp³-hybridized carbons (Fsp3) is 0.250. The van der Waals surface area contributed by atoms with Gasteiger partial charge < -0.3 is 20.9 Å². The number of nitrogens with one attached hydrogen (secondary N) is 3. The first-order chi connectivity index (χ1) is 18.0. The molecule has 2 heterocycles. The Bertz CT molecular complexity index is 1260. The summed E-state index contributed by atoms with van der Waals surface area (Å²) in [6.07, 6.45) is 6.32. The lowest BCUT2D eigenvalue weighted by Crippen LogP contribution is -2.34. The molecule has 0 radical (unpaired) electrons. The summed E-state index contributed by atoms with van der Waals surface area (Å²) in [6, 6.07) is 17.4. The summed E-state index contributed by atoms with van der Waals surface area (Å²) >= 11 is 0. The summed E-state index contributed by atoms with van der Waals surface area (Å²) in [5.74, 6) is -1.65. The second-order valence-electron chi connectivity index (χ2n) is 8.81. The van der Waals surface area contributed by atoms with Crippen molar-refractivity contribution in [1.82, 2.24) is 15.2 Å². The van der Waals surface area contributed by atoms with Crippen LogP contribution in [-0.2, 0) is 27.3 Å². The molecule has 0 saturated carbocycles. The van der Waals surface area contributed by atoms with Crippen molar-refractivity contribution in [2.24, 2.45) is 0 Å². The molecule has 1 aliphatic rings. The van der Waals surface area contributed by atoms with E-state index < -0.39 is 11.8 Å². The molecular weight excluding hydrogens is 470 g/mol. The highest BCUT2D eigenvalue weighted by molar-refractivity contribution is 6.39. The van der Waals surface area contributed by atoms with Crippen LogP contribution in [0.4, 0.5) is 11.4 Å². The number of rotatable bonds is 8. The van der Waals surface area contributed by atoms with E-state index in [0.29, 0.717) is 29.8 Å². The van der Waals surface area contributed by atoms with Gasteiger partial charge in [-0.25, -0.2) is 0 Å². The molecule has 3 aromatic rings. The Morgan fingerprint density at radius 3 is 2.24 bits per heavy atom. The average Bonchev–Trinajstić information content (AvgIpc) is 3.47. The van der Waals surface area contributed by atoms with Gasteiger partial charge >= 0.3 is 11.8 Å². The van der Waals surface area contributed by atoms with Gasteiger partial charge in [0.15, 0.2) is 0 Å². The first-order valence-corrected chi connectivity index (χ1v) is 12.2. The summed E-state index contributed by atoms with van der Waals surface area (Å²) in [5.41, 5.74) is 3.26. The maximum absolute atomic E-state index is 12.3. The Hall–Kier alpha value is -4.53. The van der Waals surface area contributed by atoms with Crippen molar-refractivity contribution in [1.29, 1.82) is 0 Å². The van der Waals surface area contributed by atoms with Crippen LogP contribution in [0.5, 0.6) is 0 Å². The number of amides is 4. The zero-order valence-corrected chi connectivity index (χ0v) is 20.4. The summed E-state index contributed by atoms with van der Waals surface area (Å²) in [7, 11) is 0. The third kappa shape index (κ3) is 7.47. The molecule has 2 aromatic carbocycles. The van der Waals surface area contributed by atoms with Crippen LogP contribution in [0, 0.1) is 0 Å². The van der Waals surface area contributed by atoms with Crippen molar-refractivity contribution in [3.05, 3.63) is 89.7 Å². The number of hydrogen-bond acceptors (Lipinski definition) is 5. The molecule has 0 bridgehead atoms. The van der Waals surface area contributed by atoms with Crippen LogP contribution in [0.25, 0.3) is 0 Å². The minimum absolute atomic E-state index is 0.120. The SMILES string of the molecule is O=C(NCc1cccc(NC(=O)c2ccncc2)c1)C(=O)Nc1ccc(CCC(=O)N2CCCC2)cc1. The zero-order chi connectivity index (χ0) is 26.0. The van der Waals surface area contributed by atoms with E-state index in [-0.39, 0.29) is 18.4 Å². The summed E-state index contributed by atoms with van der Waals surface area (Å²) < 4.78 is 0. The van der Waals surface area contributed by atoms with Crippen molar-refractivity contribution >= 4 is 35.0 Å². The molecule has 1 aromatic heterocycles. The number of carbonyl (C=O) groups excluding carboxylic acids is 4. The standard InChI is InChI=1S/C28H29N5O4/c34-25(33-16-1-2-17-33)11-8-20-6-9-23(10-7-20)31-28(37)27(36)30-19-21-4-3-5-24(18-21)32-26(35)22-12-14-29-15-13-22/h3-7,9-10,12-15,18H,1-2,8,11,16-17,19H2,(H,30,36)(H,31,37)(H,32,35). The molecule has 1 fully saturated rings. The topological polar surface area (TPSA) is 120 Å². The normalized spacial score (nSPS) is 12.6. The van der Waals surface area contributed by atoms with Gasteiger partial charge in [-0.15, -0.1) is 0 Å². The number of aryl methyl sites for hydroxylation is 1. The Morgan fingerprint density at radius 2 is 1.51 bits per heavy atom. The summed E-state index contributed by atoms with van der Waals surface area (Å²) in [5, 5.41) is 7.97. The van der Waals surface area contributed by atoms with E-state index >= 15 is 0 Å². The Labute approximate surface area is 215 Å². The van der Waals surface area contributed by atoms with Crippen LogP contribution >= 0.6 is 0 Å². The predicted octanol–water partition coefficient (Wildman–Crippen LogP) is 3.14. The summed E-state index contributed by atoms with van der Waals surface area (Å²) in [4.78, 5) is 54.9. The lowest BCUT2D eigenvalue weighted by atomic mass is 10.1. The van der Waals surface area contributed by atoms with Gasteiger partial charge in [0.2, 0.25) is 5.91 Å². The van der Waals surface area contributed by atoms with E-state index in [9.17, 15) is 19.2 Å². The second-order valence-corrected chi connectivity index (χ2v) is 8.81. The molecule has 4 rings (SSSR count). The zero-order valence-electron chi connectivity index (χ0n) is 20.4. The van der Waals surface area contributed by atoms with Gasteiger partial charge in [0.25, 0.3) is 5.91 Å². The number of anilines is 2. The molecule has 37 heavy (non-hydrogen) atoms. The highest BCUT2D eigenvalue weighted by Crippen LogP contribution is 2.15. The minimum atomic E-state index is -0.779. The van der Waals surface area contributed by atoms with Gasteiger partial charge in [0, 0.05) is 55.4 Å². The second kappa shape index (κ2) is 12.4. The number of hydrogen-bond donors (Lipinski definition) is 3. The monoisotopic (exact) mass is 499 g/mol. The highest BCUT2D eigenvalue weighted by Gasteiger charge is 2.17. The Kier molecular flexibility index (Phi) is 8.59. The molecule has 0 spiro atoms. The van der Waals surface area contributed by atoms with Crippen LogP contribution in [0.1, 0.15) is 40.7 Å². The highest BCUT2D eigenvalue weighted by atomic mass is 16.2. The van der Waals surface area contributed by atoms with Gasteiger partial charge in [-0.05, 0) is 66.8 Å². The quantitative estimate of drug-likeness (QED) is 0.411. The number of nitrogens with zero attached hydrogens (tertiary/aromatic N) is 2. The third-order valence-electron chi connectivity index (χ3n) is 6.08. The largest absolute Gasteiger partial charge is 0.344 e. The average molecular weight is 500 g/mol. The van der Waals surface area contributed by atoms with Gasteiger partial charge in [0.1, 0.15) is 0 Å². The molecule has 9 heteroatoms. The first kappa shape index (κ1) is 25.6. The predicted molar refractivity (Wildman–Crippen MR) is 140 cm³/mol. The van der Waals surface area contributed by atoms with E-state index in [1.807, 2.05) is 17.0 Å². The lowest BCUT2D eigenvalue weighted by Gasteiger charge is -2.15. The molecule has 3 N–H and O–H groups in total. The molecule has 1 saturated heterocycles. The van der Waals surface area contributed by atoms with Crippen molar-refractivity contribution in [3.8, 4) is 0 Å².